The highest BCUT2D eigenvalue weighted by molar-refractivity contribution is 5.28. The summed E-state index contributed by atoms with van der Waals surface area (Å²) in [6.45, 7) is 6.22. The van der Waals surface area contributed by atoms with E-state index in [9.17, 15) is 0 Å². The van der Waals surface area contributed by atoms with E-state index < -0.39 is 0 Å². The molecule has 0 radical (unpaired) electrons. The normalized spacial score (nSPS) is 12.6. The van der Waals surface area contributed by atoms with Gasteiger partial charge < -0.3 is 9.73 Å². The third-order valence-electron chi connectivity index (χ3n) is 3.67. The van der Waals surface area contributed by atoms with Gasteiger partial charge >= 0.3 is 0 Å². The Labute approximate surface area is 115 Å². The fourth-order valence-electron chi connectivity index (χ4n) is 2.51. The maximum Gasteiger partial charge on any atom is 0.105 e. The fraction of sp³-hybridized carbons (Fsp3) is 0.412. The smallest absolute Gasteiger partial charge is 0.105 e. The van der Waals surface area contributed by atoms with Crippen molar-refractivity contribution in [1.29, 1.82) is 0 Å². The van der Waals surface area contributed by atoms with Crippen molar-refractivity contribution < 1.29 is 4.42 Å². The first-order chi connectivity index (χ1) is 9.13. The average molecular weight is 257 g/mol. The summed E-state index contributed by atoms with van der Waals surface area (Å²) < 4.78 is 5.63. The first-order valence-electron chi connectivity index (χ1n) is 6.96. The minimum Gasteiger partial charge on any atom is -0.466 e. The molecule has 102 valence electrons. The fourth-order valence-corrected chi connectivity index (χ4v) is 2.51. The van der Waals surface area contributed by atoms with Gasteiger partial charge in [-0.1, -0.05) is 31.2 Å². The molecule has 0 amide bonds. The summed E-state index contributed by atoms with van der Waals surface area (Å²) >= 11 is 0. The number of aryl methyl sites for hydroxylation is 3. The molecular formula is C17H23NO. The molecule has 2 heteroatoms. The van der Waals surface area contributed by atoms with Gasteiger partial charge in [-0.3, -0.25) is 0 Å². The molecule has 0 saturated heterocycles. The van der Waals surface area contributed by atoms with Crippen LogP contribution in [-0.4, -0.2) is 7.05 Å². The molecule has 1 heterocycles. The predicted molar refractivity (Wildman–Crippen MR) is 79.5 cm³/mol. The van der Waals surface area contributed by atoms with E-state index in [1.54, 1.807) is 0 Å². The summed E-state index contributed by atoms with van der Waals surface area (Å²) in [5, 5.41) is 3.39. The van der Waals surface area contributed by atoms with Gasteiger partial charge in [0, 0.05) is 11.6 Å². The van der Waals surface area contributed by atoms with Gasteiger partial charge in [-0.15, -0.1) is 0 Å². The molecule has 2 nitrogen and oxygen atoms in total. The molecule has 0 bridgehead atoms. The Morgan fingerprint density at radius 2 is 1.74 bits per heavy atom. The molecule has 0 spiro atoms. The molecule has 0 saturated carbocycles. The zero-order valence-corrected chi connectivity index (χ0v) is 12.3. The monoisotopic (exact) mass is 257 g/mol. The molecule has 0 aliphatic carbocycles. The van der Waals surface area contributed by atoms with Crippen molar-refractivity contribution in [2.75, 3.05) is 7.05 Å². The average Bonchev–Trinajstić information content (AvgIpc) is 2.75. The molecule has 19 heavy (non-hydrogen) atoms. The van der Waals surface area contributed by atoms with Crippen LogP contribution in [0.1, 0.15) is 41.2 Å². The summed E-state index contributed by atoms with van der Waals surface area (Å²) in [6.07, 6.45) is 2.08. The number of nitrogens with one attached hydrogen (secondary N) is 1. The van der Waals surface area contributed by atoms with Crippen molar-refractivity contribution in [3.8, 4) is 0 Å². The van der Waals surface area contributed by atoms with Gasteiger partial charge in [0.25, 0.3) is 0 Å². The van der Waals surface area contributed by atoms with Gasteiger partial charge in [-0.05, 0) is 50.9 Å². The van der Waals surface area contributed by atoms with E-state index in [4.69, 9.17) is 4.42 Å². The molecule has 0 aliphatic rings. The van der Waals surface area contributed by atoms with E-state index in [1.165, 1.54) is 16.7 Å². The van der Waals surface area contributed by atoms with Gasteiger partial charge in [0.1, 0.15) is 11.5 Å². The van der Waals surface area contributed by atoms with Gasteiger partial charge in [0.15, 0.2) is 0 Å². The Balaban J connectivity index is 2.16. The van der Waals surface area contributed by atoms with Crippen molar-refractivity contribution in [2.45, 2.75) is 39.7 Å². The number of likely N-dealkylation sites (N-methyl/N-ethyl adjacent to an activating group) is 1. The van der Waals surface area contributed by atoms with E-state index in [0.717, 1.165) is 24.4 Å². The van der Waals surface area contributed by atoms with Crippen LogP contribution >= 0.6 is 0 Å². The third-order valence-corrected chi connectivity index (χ3v) is 3.67. The summed E-state index contributed by atoms with van der Waals surface area (Å²) in [5.41, 5.74) is 4.01. The molecule has 1 N–H and O–H groups in total. The summed E-state index contributed by atoms with van der Waals surface area (Å²) in [5.74, 6) is 2.00. The molecule has 1 aromatic carbocycles. The Bertz CT molecular complexity index is 525. The maximum absolute atomic E-state index is 5.63. The van der Waals surface area contributed by atoms with Gasteiger partial charge in [-0.25, -0.2) is 0 Å². The van der Waals surface area contributed by atoms with Crippen LogP contribution in [0.3, 0.4) is 0 Å². The van der Waals surface area contributed by atoms with Crippen molar-refractivity contribution in [3.05, 3.63) is 58.5 Å². The number of furan rings is 1. The number of hydrogen-bond acceptors (Lipinski definition) is 2. The van der Waals surface area contributed by atoms with Crippen LogP contribution in [0.5, 0.6) is 0 Å². The highest BCUT2D eigenvalue weighted by Crippen LogP contribution is 2.24. The van der Waals surface area contributed by atoms with E-state index in [0.29, 0.717) is 6.04 Å². The summed E-state index contributed by atoms with van der Waals surface area (Å²) in [6, 6.07) is 11.3. The second-order valence-corrected chi connectivity index (χ2v) is 5.08. The molecule has 1 unspecified atom stereocenters. The lowest BCUT2D eigenvalue weighted by Crippen LogP contribution is -2.19. The van der Waals surface area contributed by atoms with Gasteiger partial charge in [0.05, 0.1) is 0 Å². The highest BCUT2D eigenvalue weighted by Gasteiger charge is 2.15. The molecule has 2 aromatic rings. The van der Waals surface area contributed by atoms with Crippen molar-refractivity contribution in [1.82, 2.24) is 5.32 Å². The predicted octanol–water partition coefficient (Wildman–Crippen LogP) is 3.96. The van der Waals surface area contributed by atoms with Crippen LogP contribution in [0.15, 0.2) is 34.7 Å². The Morgan fingerprint density at radius 3 is 2.21 bits per heavy atom. The van der Waals surface area contributed by atoms with E-state index in [-0.39, 0.29) is 0 Å². The lowest BCUT2D eigenvalue weighted by Gasteiger charge is -2.16. The molecule has 1 aromatic heterocycles. The van der Waals surface area contributed by atoms with Crippen LogP contribution < -0.4 is 5.32 Å². The van der Waals surface area contributed by atoms with Gasteiger partial charge in [-0.2, -0.15) is 0 Å². The molecule has 1 atom stereocenters. The number of hydrogen-bond donors (Lipinski definition) is 1. The SMILES string of the molecule is CCc1ccc(CC(NC)c2cc(C)oc2C)cc1. The number of rotatable bonds is 5. The lowest BCUT2D eigenvalue weighted by atomic mass is 9.98. The second kappa shape index (κ2) is 6.07. The maximum atomic E-state index is 5.63. The van der Waals surface area contributed by atoms with Crippen LogP contribution in [0.4, 0.5) is 0 Å². The second-order valence-electron chi connectivity index (χ2n) is 5.08. The quantitative estimate of drug-likeness (QED) is 0.877. The number of benzene rings is 1. The van der Waals surface area contributed by atoms with E-state index in [1.807, 2.05) is 20.9 Å². The Morgan fingerprint density at radius 1 is 1.11 bits per heavy atom. The highest BCUT2D eigenvalue weighted by atomic mass is 16.3. The minimum absolute atomic E-state index is 0.310. The topological polar surface area (TPSA) is 25.2 Å². The first-order valence-corrected chi connectivity index (χ1v) is 6.96. The first kappa shape index (κ1) is 13.9. The van der Waals surface area contributed by atoms with Crippen molar-refractivity contribution in [3.63, 3.8) is 0 Å². The van der Waals surface area contributed by atoms with Crippen LogP contribution in [0.25, 0.3) is 0 Å². The Kier molecular flexibility index (Phi) is 4.43. The molecule has 0 fully saturated rings. The van der Waals surface area contributed by atoms with Crippen molar-refractivity contribution in [2.24, 2.45) is 0 Å². The molecule has 2 rings (SSSR count). The standard InChI is InChI=1S/C17H23NO/c1-5-14-6-8-15(9-7-14)11-17(18-4)16-10-12(2)19-13(16)3/h6-10,17-18H,5,11H2,1-4H3. The molecule has 0 aliphatic heterocycles. The lowest BCUT2D eigenvalue weighted by molar-refractivity contribution is 0.490. The Hall–Kier alpha value is -1.54. The zero-order chi connectivity index (χ0) is 13.8. The van der Waals surface area contributed by atoms with E-state index >= 15 is 0 Å². The largest absolute Gasteiger partial charge is 0.466 e. The zero-order valence-electron chi connectivity index (χ0n) is 12.3. The third kappa shape index (κ3) is 3.27. The van der Waals surface area contributed by atoms with Crippen molar-refractivity contribution >= 4 is 0 Å². The van der Waals surface area contributed by atoms with Crippen LogP contribution in [0.2, 0.25) is 0 Å². The minimum atomic E-state index is 0.310. The van der Waals surface area contributed by atoms with Crippen LogP contribution in [0, 0.1) is 13.8 Å². The van der Waals surface area contributed by atoms with Gasteiger partial charge in [0.2, 0.25) is 0 Å². The van der Waals surface area contributed by atoms with E-state index in [2.05, 4.69) is 42.6 Å². The van der Waals surface area contributed by atoms with Crippen LogP contribution in [-0.2, 0) is 12.8 Å². The summed E-state index contributed by atoms with van der Waals surface area (Å²) in [7, 11) is 2.01. The summed E-state index contributed by atoms with van der Waals surface area (Å²) in [4.78, 5) is 0. The molecular weight excluding hydrogens is 234 g/mol.